The van der Waals surface area contributed by atoms with Gasteiger partial charge in [-0.15, -0.1) is 0 Å². The second kappa shape index (κ2) is 6.04. The maximum Gasteiger partial charge on any atom is 0.355 e. The molecule has 2 aromatic rings. The normalized spacial score (nSPS) is 10.1. The standard InChI is InChI=1S/C15H14N2O4/c1-2-21-15(20)10-5-3-9(4-6-10)11-7-8-12(16)17-13(11)14(18)19/h3-8H,2H2,1H3,(H2,16,17)(H,18,19). The van der Waals surface area contributed by atoms with Crippen LogP contribution in [0.15, 0.2) is 36.4 Å². The van der Waals surface area contributed by atoms with Crippen LogP contribution in [0.2, 0.25) is 0 Å². The monoisotopic (exact) mass is 286 g/mol. The highest BCUT2D eigenvalue weighted by Crippen LogP contribution is 2.24. The number of esters is 1. The highest BCUT2D eigenvalue weighted by molar-refractivity contribution is 5.95. The van der Waals surface area contributed by atoms with Gasteiger partial charge < -0.3 is 15.6 Å². The SMILES string of the molecule is CCOC(=O)c1ccc(-c2ccc(N)nc2C(=O)O)cc1. The molecule has 0 bridgehead atoms. The second-order valence-corrected chi connectivity index (χ2v) is 4.24. The van der Waals surface area contributed by atoms with Crippen LogP contribution >= 0.6 is 0 Å². The smallest absolute Gasteiger partial charge is 0.355 e. The van der Waals surface area contributed by atoms with Crippen molar-refractivity contribution in [3.63, 3.8) is 0 Å². The molecule has 0 fully saturated rings. The van der Waals surface area contributed by atoms with Gasteiger partial charge in [-0.2, -0.15) is 0 Å². The number of rotatable bonds is 4. The van der Waals surface area contributed by atoms with Gasteiger partial charge in [0.25, 0.3) is 0 Å². The van der Waals surface area contributed by atoms with E-state index in [1.54, 1.807) is 37.3 Å². The molecular weight excluding hydrogens is 272 g/mol. The number of hydrogen-bond donors (Lipinski definition) is 2. The number of benzene rings is 1. The number of hydrogen-bond acceptors (Lipinski definition) is 5. The zero-order chi connectivity index (χ0) is 15.4. The average molecular weight is 286 g/mol. The molecule has 21 heavy (non-hydrogen) atoms. The van der Waals surface area contributed by atoms with Gasteiger partial charge in [-0.05, 0) is 36.8 Å². The zero-order valence-corrected chi connectivity index (χ0v) is 11.4. The van der Waals surface area contributed by atoms with E-state index < -0.39 is 11.9 Å². The van der Waals surface area contributed by atoms with Crippen LogP contribution in [0.4, 0.5) is 5.82 Å². The van der Waals surface area contributed by atoms with E-state index in [2.05, 4.69) is 4.98 Å². The molecule has 0 aliphatic rings. The van der Waals surface area contributed by atoms with E-state index in [0.717, 1.165) is 0 Å². The number of aromatic nitrogens is 1. The molecule has 0 spiro atoms. The lowest BCUT2D eigenvalue weighted by atomic mass is 10.0. The summed E-state index contributed by atoms with van der Waals surface area (Å²) in [6, 6.07) is 9.56. The summed E-state index contributed by atoms with van der Waals surface area (Å²) in [4.78, 5) is 26.6. The molecule has 0 atom stereocenters. The van der Waals surface area contributed by atoms with Crippen molar-refractivity contribution in [3.05, 3.63) is 47.7 Å². The zero-order valence-electron chi connectivity index (χ0n) is 11.4. The summed E-state index contributed by atoms with van der Waals surface area (Å²) in [5.74, 6) is -1.44. The molecule has 0 amide bonds. The fraction of sp³-hybridized carbons (Fsp3) is 0.133. The summed E-state index contributed by atoms with van der Waals surface area (Å²) in [6.45, 7) is 2.02. The number of nitrogens with zero attached hydrogens (tertiary/aromatic N) is 1. The van der Waals surface area contributed by atoms with Crippen molar-refractivity contribution in [2.75, 3.05) is 12.3 Å². The minimum atomic E-state index is -1.16. The molecule has 2 rings (SSSR count). The van der Waals surface area contributed by atoms with Crippen molar-refractivity contribution in [2.45, 2.75) is 6.92 Å². The topological polar surface area (TPSA) is 103 Å². The minimum absolute atomic E-state index is 0.126. The Bertz CT molecular complexity index is 681. The molecule has 0 saturated carbocycles. The van der Waals surface area contributed by atoms with Crippen molar-refractivity contribution in [1.29, 1.82) is 0 Å². The average Bonchev–Trinajstić information content (AvgIpc) is 2.47. The lowest BCUT2D eigenvalue weighted by Crippen LogP contribution is -2.06. The van der Waals surface area contributed by atoms with Gasteiger partial charge in [0, 0.05) is 5.56 Å². The Morgan fingerprint density at radius 3 is 2.43 bits per heavy atom. The van der Waals surface area contributed by atoms with E-state index in [0.29, 0.717) is 23.3 Å². The summed E-state index contributed by atoms with van der Waals surface area (Å²) in [7, 11) is 0. The molecule has 0 aliphatic carbocycles. The van der Waals surface area contributed by atoms with E-state index in [4.69, 9.17) is 10.5 Å². The molecule has 6 heteroatoms. The van der Waals surface area contributed by atoms with E-state index in [1.807, 2.05) is 0 Å². The van der Waals surface area contributed by atoms with Gasteiger partial charge in [0.15, 0.2) is 5.69 Å². The Balaban J connectivity index is 2.39. The van der Waals surface area contributed by atoms with Crippen LogP contribution < -0.4 is 5.73 Å². The molecule has 1 heterocycles. The van der Waals surface area contributed by atoms with Crippen molar-refractivity contribution in [3.8, 4) is 11.1 Å². The molecule has 1 aromatic carbocycles. The fourth-order valence-corrected chi connectivity index (χ4v) is 1.87. The first-order valence-electron chi connectivity index (χ1n) is 6.30. The van der Waals surface area contributed by atoms with Crippen LogP contribution in [0, 0.1) is 0 Å². The molecule has 1 aromatic heterocycles. The van der Waals surface area contributed by atoms with Gasteiger partial charge >= 0.3 is 11.9 Å². The highest BCUT2D eigenvalue weighted by Gasteiger charge is 2.14. The first kappa shape index (κ1) is 14.5. The molecule has 0 saturated heterocycles. The quantitative estimate of drug-likeness (QED) is 0.835. The predicted molar refractivity (Wildman–Crippen MR) is 77.0 cm³/mol. The molecule has 0 aliphatic heterocycles. The van der Waals surface area contributed by atoms with E-state index in [9.17, 15) is 14.7 Å². The fourth-order valence-electron chi connectivity index (χ4n) is 1.87. The van der Waals surface area contributed by atoms with E-state index in [-0.39, 0.29) is 11.5 Å². The van der Waals surface area contributed by atoms with Gasteiger partial charge in [0.05, 0.1) is 12.2 Å². The number of pyridine rings is 1. The highest BCUT2D eigenvalue weighted by atomic mass is 16.5. The van der Waals surface area contributed by atoms with Crippen LogP contribution in [0.1, 0.15) is 27.8 Å². The molecular formula is C15H14N2O4. The Labute approximate surface area is 121 Å². The van der Waals surface area contributed by atoms with Crippen molar-refractivity contribution in [2.24, 2.45) is 0 Å². The van der Waals surface area contributed by atoms with Crippen molar-refractivity contribution < 1.29 is 19.4 Å². The van der Waals surface area contributed by atoms with Crippen LogP contribution in [-0.4, -0.2) is 28.6 Å². The summed E-state index contributed by atoms with van der Waals surface area (Å²) in [5, 5.41) is 9.17. The number of nitrogen functional groups attached to an aromatic ring is 1. The number of aromatic carboxylic acids is 1. The number of ether oxygens (including phenoxy) is 1. The molecule has 0 radical (unpaired) electrons. The number of carbonyl (C=O) groups is 2. The van der Waals surface area contributed by atoms with Crippen LogP contribution in [0.3, 0.4) is 0 Å². The summed E-state index contributed by atoms with van der Waals surface area (Å²) in [6.07, 6.45) is 0. The molecule has 6 nitrogen and oxygen atoms in total. The van der Waals surface area contributed by atoms with Crippen LogP contribution in [0.25, 0.3) is 11.1 Å². The summed E-state index contributed by atoms with van der Waals surface area (Å²) >= 11 is 0. The maximum atomic E-state index is 11.6. The van der Waals surface area contributed by atoms with E-state index >= 15 is 0 Å². The first-order chi connectivity index (χ1) is 10.0. The number of anilines is 1. The first-order valence-corrected chi connectivity index (χ1v) is 6.30. The van der Waals surface area contributed by atoms with Gasteiger partial charge in [0.1, 0.15) is 5.82 Å². The van der Waals surface area contributed by atoms with Gasteiger partial charge in [-0.3, -0.25) is 0 Å². The van der Waals surface area contributed by atoms with Gasteiger partial charge in [-0.25, -0.2) is 14.6 Å². The third-order valence-electron chi connectivity index (χ3n) is 2.83. The number of carbonyl (C=O) groups excluding carboxylic acids is 1. The predicted octanol–water partition coefficient (Wildman–Crippen LogP) is 2.21. The Morgan fingerprint density at radius 2 is 1.86 bits per heavy atom. The van der Waals surface area contributed by atoms with Crippen LogP contribution in [0.5, 0.6) is 0 Å². The molecule has 0 unspecified atom stereocenters. The summed E-state index contributed by atoms with van der Waals surface area (Å²) in [5.41, 5.74) is 6.85. The third-order valence-corrected chi connectivity index (χ3v) is 2.83. The number of carboxylic acid groups (broad SMARTS) is 1. The maximum absolute atomic E-state index is 11.6. The van der Waals surface area contributed by atoms with Crippen molar-refractivity contribution in [1.82, 2.24) is 4.98 Å². The Hall–Kier alpha value is -2.89. The number of carboxylic acids is 1. The lowest BCUT2D eigenvalue weighted by Gasteiger charge is -2.07. The Morgan fingerprint density at radius 1 is 1.19 bits per heavy atom. The van der Waals surface area contributed by atoms with Crippen molar-refractivity contribution >= 4 is 17.8 Å². The summed E-state index contributed by atoms with van der Waals surface area (Å²) < 4.78 is 4.89. The lowest BCUT2D eigenvalue weighted by molar-refractivity contribution is 0.0525. The van der Waals surface area contributed by atoms with Crippen LogP contribution in [-0.2, 0) is 4.74 Å². The van der Waals surface area contributed by atoms with Gasteiger partial charge in [0.2, 0.25) is 0 Å². The number of nitrogens with two attached hydrogens (primary N) is 1. The largest absolute Gasteiger partial charge is 0.476 e. The molecule has 3 N–H and O–H groups in total. The van der Waals surface area contributed by atoms with Gasteiger partial charge in [-0.1, -0.05) is 12.1 Å². The third kappa shape index (κ3) is 3.17. The van der Waals surface area contributed by atoms with E-state index in [1.165, 1.54) is 6.07 Å². The Kier molecular flexibility index (Phi) is 4.18. The molecule has 108 valence electrons. The second-order valence-electron chi connectivity index (χ2n) is 4.24. The minimum Gasteiger partial charge on any atom is -0.476 e.